The molecule has 3 N–H and O–H groups in total. The molecule has 0 spiro atoms. The van der Waals surface area contributed by atoms with Gasteiger partial charge in [-0.1, -0.05) is 26.7 Å². The lowest BCUT2D eigenvalue weighted by Crippen LogP contribution is -2.27. The van der Waals surface area contributed by atoms with Crippen molar-refractivity contribution < 1.29 is 0 Å². The van der Waals surface area contributed by atoms with Gasteiger partial charge in [-0.05, 0) is 36.1 Å². The average Bonchev–Trinajstić information content (AvgIpc) is 2.77. The van der Waals surface area contributed by atoms with Crippen molar-refractivity contribution in [2.45, 2.75) is 51.3 Å². The predicted octanol–water partition coefficient (Wildman–Crippen LogP) is 3.87. The summed E-state index contributed by atoms with van der Waals surface area (Å²) >= 11 is 4.02. The van der Waals surface area contributed by atoms with E-state index in [0.717, 1.165) is 12.3 Å². The Labute approximate surface area is 119 Å². The fourth-order valence-electron chi connectivity index (χ4n) is 2.38. The van der Waals surface area contributed by atoms with Gasteiger partial charge in [-0.25, -0.2) is 0 Å². The van der Waals surface area contributed by atoms with Gasteiger partial charge in [0.1, 0.15) is 0 Å². The average molecular weight is 284 g/mol. The molecule has 0 amide bonds. The molecule has 2 rings (SSSR count). The van der Waals surface area contributed by atoms with Crippen molar-refractivity contribution >= 4 is 23.1 Å². The summed E-state index contributed by atoms with van der Waals surface area (Å²) in [5, 5.41) is 0. The summed E-state index contributed by atoms with van der Waals surface area (Å²) in [7, 11) is 0. The molecule has 102 valence electrons. The number of hydrogen-bond donors (Lipinski definition) is 2. The summed E-state index contributed by atoms with van der Waals surface area (Å²) < 4.78 is 0. The molecule has 0 saturated heterocycles. The van der Waals surface area contributed by atoms with Crippen molar-refractivity contribution in [3.63, 3.8) is 0 Å². The molecule has 18 heavy (non-hydrogen) atoms. The lowest BCUT2D eigenvalue weighted by Gasteiger charge is -2.14. The zero-order chi connectivity index (χ0) is 13.0. The van der Waals surface area contributed by atoms with Gasteiger partial charge < -0.3 is 0 Å². The lowest BCUT2D eigenvalue weighted by molar-refractivity contribution is 0.459. The van der Waals surface area contributed by atoms with E-state index < -0.39 is 0 Å². The van der Waals surface area contributed by atoms with Gasteiger partial charge in [0.15, 0.2) is 0 Å². The van der Waals surface area contributed by atoms with Crippen LogP contribution in [-0.2, 0) is 12.2 Å². The summed E-state index contributed by atoms with van der Waals surface area (Å²) in [5.41, 5.74) is 4.56. The SMILES string of the molecule is CC(C)CCCC(NN)c1cc2c(s1)CCSC2. The van der Waals surface area contributed by atoms with E-state index in [4.69, 9.17) is 5.84 Å². The van der Waals surface area contributed by atoms with Gasteiger partial charge in [0.05, 0.1) is 6.04 Å². The predicted molar refractivity (Wildman–Crippen MR) is 82.9 cm³/mol. The van der Waals surface area contributed by atoms with Crippen molar-refractivity contribution in [1.82, 2.24) is 5.43 Å². The highest BCUT2D eigenvalue weighted by atomic mass is 32.2. The summed E-state index contributed by atoms with van der Waals surface area (Å²) in [6.45, 7) is 4.57. The van der Waals surface area contributed by atoms with Crippen LogP contribution in [0.3, 0.4) is 0 Å². The van der Waals surface area contributed by atoms with Crippen molar-refractivity contribution in [3.05, 3.63) is 21.4 Å². The minimum Gasteiger partial charge on any atom is -0.271 e. The van der Waals surface area contributed by atoms with E-state index in [1.54, 1.807) is 10.4 Å². The smallest absolute Gasteiger partial charge is 0.0553 e. The Morgan fingerprint density at radius 1 is 1.39 bits per heavy atom. The highest BCUT2D eigenvalue weighted by molar-refractivity contribution is 7.98. The zero-order valence-electron chi connectivity index (χ0n) is 11.4. The van der Waals surface area contributed by atoms with Crippen LogP contribution in [0.2, 0.25) is 0 Å². The number of thioether (sulfide) groups is 1. The molecule has 0 saturated carbocycles. The first kappa shape index (κ1) is 14.4. The Morgan fingerprint density at radius 3 is 2.89 bits per heavy atom. The van der Waals surface area contributed by atoms with Crippen LogP contribution in [0.5, 0.6) is 0 Å². The minimum absolute atomic E-state index is 0.351. The van der Waals surface area contributed by atoms with Gasteiger partial charge in [-0.3, -0.25) is 11.3 Å². The quantitative estimate of drug-likeness (QED) is 0.615. The number of thiophene rings is 1. The second kappa shape index (κ2) is 6.94. The summed E-state index contributed by atoms with van der Waals surface area (Å²) in [5.74, 6) is 8.99. The third kappa shape index (κ3) is 3.73. The van der Waals surface area contributed by atoms with Gasteiger partial charge in [0.2, 0.25) is 0 Å². The van der Waals surface area contributed by atoms with Crippen molar-refractivity contribution in [2.24, 2.45) is 11.8 Å². The first-order valence-corrected chi connectivity index (χ1v) is 8.83. The van der Waals surface area contributed by atoms with Gasteiger partial charge in [0.25, 0.3) is 0 Å². The van der Waals surface area contributed by atoms with Crippen molar-refractivity contribution in [3.8, 4) is 0 Å². The molecule has 4 heteroatoms. The van der Waals surface area contributed by atoms with Crippen molar-refractivity contribution in [1.29, 1.82) is 0 Å². The number of hydrazine groups is 1. The van der Waals surface area contributed by atoms with Gasteiger partial charge >= 0.3 is 0 Å². The first-order valence-electron chi connectivity index (χ1n) is 6.86. The van der Waals surface area contributed by atoms with E-state index in [-0.39, 0.29) is 0 Å². The molecule has 1 atom stereocenters. The Morgan fingerprint density at radius 2 is 2.22 bits per heavy atom. The van der Waals surface area contributed by atoms with E-state index in [1.807, 2.05) is 23.1 Å². The monoisotopic (exact) mass is 284 g/mol. The van der Waals surface area contributed by atoms with Crippen molar-refractivity contribution in [2.75, 3.05) is 5.75 Å². The standard InChI is InChI=1S/C14H24N2S2/c1-10(2)4-3-5-12(16-15)14-8-11-9-17-7-6-13(11)18-14/h8,10,12,16H,3-7,9,15H2,1-2H3. The fourth-order valence-corrected chi connectivity index (χ4v) is 4.85. The van der Waals surface area contributed by atoms with Crippen LogP contribution >= 0.6 is 23.1 Å². The molecule has 1 unspecified atom stereocenters. The first-order chi connectivity index (χ1) is 8.70. The van der Waals surface area contributed by atoms with Crippen LogP contribution in [0.25, 0.3) is 0 Å². The third-order valence-electron chi connectivity index (χ3n) is 3.47. The zero-order valence-corrected chi connectivity index (χ0v) is 13.0. The molecule has 1 aromatic rings. The topological polar surface area (TPSA) is 38.0 Å². The Kier molecular flexibility index (Phi) is 5.55. The molecular formula is C14H24N2S2. The molecule has 2 nitrogen and oxygen atoms in total. The molecule has 0 aliphatic carbocycles. The van der Waals surface area contributed by atoms with E-state index >= 15 is 0 Å². The molecular weight excluding hydrogens is 260 g/mol. The van der Waals surface area contributed by atoms with Crippen LogP contribution in [-0.4, -0.2) is 5.75 Å². The molecule has 0 fully saturated rings. The van der Waals surface area contributed by atoms with Crippen LogP contribution < -0.4 is 11.3 Å². The molecule has 1 aliphatic rings. The maximum Gasteiger partial charge on any atom is 0.0553 e. The Bertz CT molecular complexity index is 350. The normalized spacial score (nSPS) is 16.9. The van der Waals surface area contributed by atoms with Crippen LogP contribution in [0.1, 0.15) is 54.5 Å². The molecule has 0 bridgehead atoms. The molecule has 2 heterocycles. The maximum absolute atomic E-state index is 5.73. The largest absolute Gasteiger partial charge is 0.271 e. The second-order valence-corrected chi connectivity index (χ2v) is 7.72. The van der Waals surface area contributed by atoms with Gasteiger partial charge in [-0.15, -0.1) is 11.3 Å². The fraction of sp³-hybridized carbons (Fsp3) is 0.714. The van der Waals surface area contributed by atoms with E-state index in [1.165, 1.54) is 35.6 Å². The number of aryl methyl sites for hydroxylation is 1. The molecule has 0 radical (unpaired) electrons. The minimum atomic E-state index is 0.351. The summed E-state index contributed by atoms with van der Waals surface area (Å²) in [4.78, 5) is 3.03. The highest BCUT2D eigenvalue weighted by Crippen LogP contribution is 2.35. The van der Waals surface area contributed by atoms with Gasteiger partial charge in [0, 0.05) is 15.5 Å². The molecule has 1 aromatic heterocycles. The number of rotatable bonds is 6. The molecule has 0 aromatic carbocycles. The second-order valence-electron chi connectivity index (χ2n) is 5.44. The van der Waals surface area contributed by atoms with E-state index in [0.29, 0.717) is 6.04 Å². The lowest BCUT2D eigenvalue weighted by atomic mass is 10.0. The summed E-state index contributed by atoms with van der Waals surface area (Å²) in [6, 6.07) is 2.73. The Hall–Kier alpha value is -0.0300. The Balaban J connectivity index is 1.96. The van der Waals surface area contributed by atoms with E-state index in [9.17, 15) is 0 Å². The van der Waals surface area contributed by atoms with Crippen LogP contribution in [0.15, 0.2) is 6.07 Å². The number of nitrogens with two attached hydrogens (primary N) is 1. The number of hydrogen-bond acceptors (Lipinski definition) is 4. The highest BCUT2D eigenvalue weighted by Gasteiger charge is 2.18. The van der Waals surface area contributed by atoms with Crippen LogP contribution in [0.4, 0.5) is 0 Å². The summed E-state index contributed by atoms with van der Waals surface area (Å²) in [6.07, 6.45) is 4.94. The maximum atomic E-state index is 5.73. The third-order valence-corrected chi connectivity index (χ3v) is 5.82. The van der Waals surface area contributed by atoms with E-state index in [2.05, 4.69) is 25.3 Å². The number of fused-ring (bicyclic) bond motifs is 1. The number of nitrogens with one attached hydrogen (secondary N) is 1. The molecule has 1 aliphatic heterocycles. The van der Waals surface area contributed by atoms with Gasteiger partial charge in [-0.2, -0.15) is 11.8 Å². The van der Waals surface area contributed by atoms with Crippen LogP contribution in [0, 0.1) is 5.92 Å².